The molecule has 3 aromatic rings. The van der Waals surface area contributed by atoms with Crippen LogP contribution in [-0.2, 0) is 9.98 Å². The summed E-state index contributed by atoms with van der Waals surface area (Å²) in [6.07, 6.45) is -4.27. The summed E-state index contributed by atoms with van der Waals surface area (Å²) in [4.78, 5) is 20.6. The topological polar surface area (TPSA) is 104 Å². The first-order chi connectivity index (χ1) is 16.5. The first-order valence-corrected chi connectivity index (χ1v) is 13.9. The van der Waals surface area contributed by atoms with E-state index in [0.717, 1.165) is 6.07 Å². The molecule has 3 N–H and O–H groups in total. The van der Waals surface area contributed by atoms with E-state index in [1.165, 1.54) is 18.2 Å². The van der Waals surface area contributed by atoms with Crippen molar-refractivity contribution in [2.45, 2.75) is 52.5 Å². The lowest BCUT2D eigenvalue weighted by Gasteiger charge is -2.30. The van der Waals surface area contributed by atoms with Crippen molar-refractivity contribution in [2.24, 2.45) is 0 Å². The molecule has 0 aliphatic heterocycles. The summed E-state index contributed by atoms with van der Waals surface area (Å²) in [6.45, 7) is 12.0. The summed E-state index contributed by atoms with van der Waals surface area (Å²) in [5.41, 5.74) is -0.148. The van der Waals surface area contributed by atoms with Crippen molar-refractivity contribution in [1.82, 2.24) is 9.97 Å². The van der Waals surface area contributed by atoms with Gasteiger partial charge in [0.2, 0.25) is 0 Å². The van der Waals surface area contributed by atoms with Crippen LogP contribution in [0.3, 0.4) is 0 Å². The monoisotopic (exact) mass is 522 g/mol. The summed E-state index contributed by atoms with van der Waals surface area (Å²) in [7, 11) is -3.05. The molecular formula is C25H30F3N4O3P. The number of rotatable bonds is 6. The van der Waals surface area contributed by atoms with Crippen LogP contribution in [0.4, 0.5) is 29.5 Å². The maximum Gasteiger partial charge on any atom is 0.409 e. The molecule has 1 heterocycles. The highest BCUT2D eigenvalue weighted by atomic mass is 31.2. The molecule has 11 heteroatoms. The van der Waals surface area contributed by atoms with Gasteiger partial charge in [0.1, 0.15) is 24.6 Å². The van der Waals surface area contributed by atoms with E-state index in [1.807, 2.05) is 20.8 Å². The van der Waals surface area contributed by atoms with E-state index in [0.29, 0.717) is 33.4 Å². The molecule has 0 radical (unpaired) electrons. The van der Waals surface area contributed by atoms with Gasteiger partial charge in [-0.25, -0.2) is 27.9 Å². The zero-order valence-corrected chi connectivity index (χ0v) is 22.1. The Labute approximate surface area is 207 Å². The lowest BCUT2D eigenvalue weighted by atomic mass is 9.83. The van der Waals surface area contributed by atoms with Crippen molar-refractivity contribution in [1.29, 1.82) is 0 Å². The summed E-state index contributed by atoms with van der Waals surface area (Å²) < 4.78 is 54.9. The highest BCUT2D eigenvalue weighted by Crippen LogP contribution is 2.46. The van der Waals surface area contributed by atoms with Crippen molar-refractivity contribution in [3.8, 4) is 0 Å². The molecule has 1 aromatic heterocycles. The number of halogens is 3. The lowest BCUT2D eigenvalue weighted by Crippen LogP contribution is -2.28. The van der Waals surface area contributed by atoms with Gasteiger partial charge in [-0.1, -0.05) is 39.0 Å². The van der Waals surface area contributed by atoms with Crippen LogP contribution in [0.1, 0.15) is 62.7 Å². The number of fused-ring (bicyclic) bond motifs is 1. The third kappa shape index (κ3) is 5.48. The Kier molecular flexibility index (Phi) is 7.42. The second-order valence-electron chi connectivity index (χ2n) is 10.1. The average molecular weight is 523 g/mol. The summed E-state index contributed by atoms with van der Waals surface area (Å²) in [6, 6.07) is 4.59. The summed E-state index contributed by atoms with van der Waals surface area (Å²) in [5.74, 6) is -0.351. The molecule has 0 aliphatic carbocycles. The van der Waals surface area contributed by atoms with Crippen molar-refractivity contribution in [3.63, 3.8) is 0 Å². The number of hydrogen-bond acceptors (Lipinski definition) is 5. The van der Waals surface area contributed by atoms with Gasteiger partial charge in [-0.2, -0.15) is 0 Å². The molecular weight excluding hydrogens is 492 g/mol. The van der Waals surface area contributed by atoms with Gasteiger partial charge in [-0.05, 0) is 44.2 Å². The molecule has 194 valence electrons. The number of hydrogen-bond donors (Lipinski definition) is 3. The van der Waals surface area contributed by atoms with Gasteiger partial charge in [-0.15, -0.1) is 0 Å². The minimum atomic E-state index is -3.05. The fourth-order valence-electron chi connectivity index (χ4n) is 4.36. The smallest absolute Gasteiger partial charge is 0.409 e. The molecule has 0 bridgehead atoms. The molecule has 0 spiro atoms. The molecule has 0 fully saturated rings. The van der Waals surface area contributed by atoms with Crippen LogP contribution in [0.2, 0.25) is 0 Å². The molecule has 0 aliphatic rings. The highest BCUT2D eigenvalue weighted by Gasteiger charge is 2.33. The molecule has 0 unspecified atom stereocenters. The van der Waals surface area contributed by atoms with Crippen LogP contribution < -0.4 is 15.9 Å². The first-order valence-electron chi connectivity index (χ1n) is 11.3. The van der Waals surface area contributed by atoms with Crippen molar-refractivity contribution in [3.05, 3.63) is 52.6 Å². The Morgan fingerprint density at radius 2 is 1.75 bits per heavy atom. The van der Waals surface area contributed by atoms with Crippen molar-refractivity contribution < 1.29 is 27.6 Å². The number of aromatic nitrogens is 2. The Morgan fingerprint density at radius 3 is 2.28 bits per heavy atom. The maximum atomic E-state index is 14.9. The number of alkyl halides is 2. The van der Waals surface area contributed by atoms with Crippen LogP contribution in [0.15, 0.2) is 24.3 Å². The average Bonchev–Trinajstić information content (AvgIpc) is 2.70. The molecule has 0 saturated heterocycles. The highest BCUT2D eigenvalue weighted by molar-refractivity contribution is 7.70. The van der Waals surface area contributed by atoms with E-state index in [1.54, 1.807) is 27.2 Å². The van der Waals surface area contributed by atoms with Crippen LogP contribution in [0.25, 0.3) is 10.9 Å². The zero-order chi connectivity index (χ0) is 27.2. The van der Waals surface area contributed by atoms with E-state index in [4.69, 9.17) is 0 Å². The number of nitrogens with zero attached hydrogens (tertiary/aromatic N) is 2. The minimum Gasteiger partial charge on any atom is -0.465 e. The number of nitrogens with one attached hydrogen (secondary N) is 2. The standard InChI is InChI=1S/C25H30F3N4O3P/c1-12(14-9-8-10-15(20(14)26)22(27)28)29-23-18-16(30-13(2)31-23)11-17(32-24(33)34)21(36(6,7)35)19(18)25(3,4)5/h8-12,22,32H,1-7H3,(H,33,34)(H,29,30,31)/t12-/m1/s1. The predicted octanol–water partition coefficient (Wildman–Crippen LogP) is 6.82. The Hall–Kier alpha value is -3.13. The van der Waals surface area contributed by atoms with Gasteiger partial charge in [0, 0.05) is 16.3 Å². The van der Waals surface area contributed by atoms with Crippen LogP contribution >= 0.6 is 7.14 Å². The molecule has 1 amide bonds. The number of carbonyl (C=O) groups is 1. The molecule has 2 aromatic carbocycles. The Morgan fingerprint density at radius 1 is 1.14 bits per heavy atom. The van der Waals surface area contributed by atoms with Crippen LogP contribution in [-0.4, -0.2) is 34.5 Å². The predicted molar refractivity (Wildman–Crippen MR) is 137 cm³/mol. The lowest BCUT2D eigenvalue weighted by molar-refractivity contribution is 0.146. The third-order valence-corrected chi connectivity index (χ3v) is 7.26. The maximum absolute atomic E-state index is 14.9. The van der Waals surface area contributed by atoms with Gasteiger partial charge in [-0.3, -0.25) is 5.32 Å². The first kappa shape index (κ1) is 27.5. The SMILES string of the molecule is Cc1nc(N[C@H](C)c2cccc(C(F)F)c2F)c2c(C(C)(C)C)c(P(C)(C)=O)c(NC(=O)O)cc2n1. The Bertz CT molecular complexity index is 1380. The largest absolute Gasteiger partial charge is 0.465 e. The summed E-state index contributed by atoms with van der Waals surface area (Å²) in [5, 5.41) is 15.8. The van der Waals surface area contributed by atoms with E-state index >= 15 is 0 Å². The molecule has 1 atom stereocenters. The van der Waals surface area contributed by atoms with Crippen LogP contribution in [0, 0.1) is 12.7 Å². The van der Waals surface area contributed by atoms with Crippen LogP contribution in [0.5, 0.6) is 0 Å². The Balaban J connectivity index is 2.36. The third-order valence-electron chi connectivity index (χ3n) is 5.72. The van der Waals surface area contributed by atoms with Gasteiger partial charge in [0.25, 0.3) is 6.43 Å². The fourth-order valence-corrected chi connectivity index (χ4v) is 6.05. The van der Waals surface area contributed by atoms with E-state index in [-0.39, 0.29) is 11.3 Å². The van der Waals surface area contributed by atoms with Crippen molar-refractivity contribution in [2.75, 3.05) is 24.0 Å². The molecule has 0 saturated carbocycles. The summed E-state index contributed by atoms with van der Waals surface area (Å²) >= 11 is 0. The number of carboxylic acid groups (broad SMARTS) is 1. The van der Waals surface area contributed by atoms with Gasteiger partial charge >= 0.3 is 6.09 Å². The second kappa shape index (κ2) is 9.73. The van der Waals surface area contributed by atoms with E-state index in [2.05, 4.69) is 20.6 Å². The van der Waals surface area contributed by atoms with Crippen molar-refractivity contribution >= 4 is 40.9 Å². The normalized spacial score (nSPS) is 13.2. The number of benzene rings is 2. The zero-order valence-electron chi connectivity index (χ0n) is 21.2. The quantitative estimate of drug-likeness (QED) is 0.307. The molecule has 7 nitrogen and oxygen atoms in total. The number of anilines is 2. The second-order valence-corrected chi connectivity index (χ2v) is 13.3. The molecule has 36 heavy (non-hydrogen) atoms. The molecule has 3 rings (SSSR count). The number of amides is 1. The van der Waals surface area contributed by atoms with Gasteiger partial charge in [0.05, 0.1) is 22.8 Å². The fraction of sp³-hybridized carbons (Fsp3) is 0.400. The van der Waals surface area contributed by atoms with E-state index < -0.39 is 42.5 Å². The minimum absolute atomic E-state index is 0.0376. The number of aryl methyl sites for hydroxylation is 1. The van der Waals surface area contributed by atoms with Gasteiger partial charge in [0.15, 0.2) is 0 Å². The van der Waals surface area contributed by atoms with Gasteiger partial charge < -0.3 is 15.0 Å². The van der Waals surface area contributed by atoms with E-state index in [9.17, 15) is 27.6 Å².